The van der Waals surface area contributed by atoms with E-state index < -0.39 is 0 Å². The number of rotatable bonds is 2. The zero-order chi connectivity index (χ0) is 12.7. The van der Waals surface area contributed by atoms with E-state index in [1.54, 1.807) is 6.20 Å². The van der Waals surface area contributed by atoms with Crippen LogP contribution in [0.25, 0.3) is 21.8 Å². The molecule has 92 valence electrons. The van der Waals surface area contributed by atoms with Gasteiger partial charge in [-0.3, -0.25) is 4.98 Å². The highest BCUT2D eigenvalue weighted by atomic mass is 16.3. The molecular weight excluding hydrogens is 226 g/mol. The summed E-state index contributed by atoms with van der Waals surface area (Å²) < 4.78 is 2.12. The van der Waals surface area contributed by atoms with Crippen molar-refractivity contribution in [1.82, 2.24) is 9.55 Å². The second kappa shape index (κ2) is 4.08. The fourth-order valence-electron chi connectivity index (χ4n) is 2.41. The van der Waals surface area contributed by atoms with Crippen molar-refractivity contribution in [3.63, 3.8) is 0 Å². The Morgan fingerprint density at radius 3 is 2.89 bits per heavy atom. The van der Waals surface area contributed by atoms with E-state index in [9.17, 15) is 0 Å². The Morgan fingerprint density at radius 1 is 1.28 bits per heavy atom. The van der Waals surface area contributed by atoms with Gasteiger partial charge in [-0.1, -0.05) is 12.1 Å². The number of nitrogens with two attached hydrogens (primary N) is 1. The predicted octanol–water partition coefficient (Wildman–Crippen LogP) is 1.72. The highest BCUT2D eigenvalue weighted by Crippen LogP contribution is 2.28. The summed E-state index contributed by atoms with van der Waals surface area (Å²) in [5.74, 6) is 0. The van der Waals surface area contributed by atoms with Crippen molar-refractivity contribution in [2.45, 2.75) is 6.04 Å². The van der Waals surface area contributed by atoms with Crippen LogP contribution in [0.1, 0.15) is 11.6 Å². The lowest BCUT2D eigenvalue weighted by atomic mass is 10.1. The van der Waals surface area contributed by atoms with Gasteiger partial charge in [0.1, 0.15) is 0 Å². The lowest BCUT2D eigenvalue weighted by Gasteiger charge is -2.08. The summed E-state index contributed by atoms with van der Waals surface area (Å²) in [5, 5.41) is 11.4. The van der Waals surface area contributed by atoms with Crippen molar-refractivity contribution in [2.24, 2.45) is 12.8 Å². The van der Waals surface area contributed by atoms with Crippen LogP contribution >= 0.6 is 0 Å². The molecule has 3 aromatic rings. The molecule has 3 N–H and O–H groups in total. The van der Waals surface area contributed by atoms with Gasteiger partial charge in [-0.2, -0.15) is 0 Å². The lowest BCUT2D eigenvalue weighted by molar-refractivity contribution is 0.268. The number of hydrogen-bond donors (Lipinski definition) is 2. The van der Waals surface area contributed by atoms with Crippen molar-refractivity contribution in [1.29, 1.82) is 0 Å². The summed E-state index contributed by atoms with van der Waals surface area (Å²) in [5.41, 5.74) is 9.06. The summed E-state index contributed by atoms with van der Waals surface area (Å²) in [6.45, 7) is -0.0446. The number of hydrogen-bond acceptors (Lipinski definition) is 3. The standard InChI is InChI=1S/C14H15N3O/c1-17-13-4-5-16-7-11(13)10-3-2-9(6-14(10)17)12(15)8-18/h2-7,12,18H,8,15H2,1H3. The van der Waals surface area contributed by atoms with Gasteiger partial charge in [-0.05, 0) is 17.7 Å². The van der Waals surface area contributed by atoms with Crippen molar-refractivity contribution >= 4 is 21.8 Å². The number of nitrogens with zero attached hydrogens (tertiary/aromatic N) is 2. The molecule has 0 bridgehead atoms. The first-order valence-corrected chi connectivity index (χ1v) is 5.91. The van der Waals surface area contributed by atoms with Crippen LogP contribution in [0.4, 0.5) is 0 Å². The Kier molecular flexibility index (Phi) is 2.54. The summed E-state index contributed by atoms with van der Waals surface area (Å²) in [4.78, 5) is 4.17. The van der Waals surface area contributed by atoms with E-state index in [0.29, 0.717) is 0 Å². The van der Waals surface area contributed by atoms with Gasteiger partial charge in [0, 0.05) is 35.7 Å². The summed E-state index contributed by atoms with van der Waals surface area (Å²) in [7, 11) is 2.03. The summed E-state index contributed by atoms with van der Waals surface area (Å²) in [6, 6.07) is 7.72. The van der Waals surface area contributed by atoms with Crippen molar-refractivity contribution in [2.75, 3.05) is 6.61 Å². The number of aromatic nitrogens is 2. The molecule has 0 saturated carbocycles. The Hall–Kier alpha value is -1.91. The number of benzene rings is 1. The van der Waals surface area contributed by atoms with Crippen molar-refractivity contribution in [3.8, 4) is 0 Å². The molecule has 0 saturated heterocycles. The fraction of sp³-hybridized carbons (Fsp3) is 0.214. The van der Waals surface area contributed by atoms with Gasteiger partial charge in [0.05, 0.1) is 18.2 Å². The van der Waals surface area contributed by atoms with Gasteiger partial charge in [0.2, 0.25) is 0 Å². The largest absolute Gasteiger partial charge is 0.394 e. The average molecular weight is 241 g/mol. The fourth-order valence-corrected chi connectivity index (χ4v) is 2.41. The Morgan fingerprint density at radius 2 is 2.11 bits per heavy atom. The molecule has 0 aliphatic heterocycles. The van der Waals surface area contributed by atoms with Gasteiger partial charge in [-0.15, -0.1) is 0 Å². The van der Waals surface area contributed by atoms with Gasteiger partial charge in [0.15, 0.2) is 0 Å². The topological polar surface area (TPSA) is 64.1 Å². The van der Waals surface area contributed by atoms with Crippen LogP contribution < -0.4 is 5.73 Å². The van der Waals surface area contributed by atoms with Crippen LogP contribution in [0.2, 0.25) is 0 Å². The van der Waals surface area contributed by atoms with Crippen molar-refractivity contribution in [3.05, 3.63) is 42.2 Å². The van der Waals surface area contributed by atoms with Crippen molar-refractivity contribution < 1.29 is 5.11 Å². The Bertz CT molecular complexity index is 717. The average Bonchev–Trinajstić information content (AvgIpc) is 2.72. The first kappa shape index (κ1) is 11.2. The van der Waals surface area contributed by atoms with Gasteiger partial charge in [-0.25, -0.2) is 0 Å². The monoisotopic (exact) mass is 241 g/mol. The maximum absolute atomic E-state index is 9.13. The second-order valence-corrected chi connectivity index (χ2v) is 4.52. The molecule has 1 unspecified atom stereocenters. The lowest BCUT2D eigenvalue weighted by Crippen LogP contribution is -2.14. The van der Waals surface area contributed by atoms with Crippen LogP contribution in [0.5, 0.6) is 0 Å². The SMILES string of the molecule is Cn1c2ccncc2c2ccc(C(N)CO)cc21. The second-order valence-electron chi connectivity index (χ2n) is 4.52. The smallest absolute Gasteiger partial charge is 0.0624 e. The minimum atomic E-state index is -0.328. The molecule has 0 aliphatic rings. The van der Waals surface area contributed by atoms with Gasteiger partial charge < -0.3 is 15.4 Å². The normalized spacial score (nSPS) is 13.3. The highest BCUT2D eigenvalue weighted by Gasteiger charge is 2.11. The third-order valence-corrected chi connectivity index (χ3v) is 3.46. The van der Waals surface area contributed by atoms with Crippen LogP contribution in [0.15, 0.2) is 36.7 Å². The molecular formula is C14H15N3O. The molecule has 4 heteroatoms. The van der Waals surface area contributed by atoms with E-state index in [1.807, 2.05) is 37.5 Å². The zero-order valence-corrected chi connectivity index (χ0v) is 10.2. The molecule has 0 aliphatic carbocycles. The van der Waals surface area contributed by atoms with E-state index in [1.165, 1.54) is 0 Å². The summed E-state index contributed by atoms with van der Waals surface area (Å²) in [6.07, 6.45) is 3.67. The third kappa shape index (κ3) is 1.50. The molecule has 0 fully saturated rings. The first-order chi connectivity index (χ1) is 8.72. The number of aliphatic hydroxyl groups excluding tert-OH is 1. The highest BCUT2D eigenvalue weighted by molar-refractivity contribution is 6.07. The molecule has 3 rings (SSSR count). The van der Waals surface area contributed by atoms with Crippen LogP contribution in [-0.2, 0) is 7.05 Å². The molecule has 18 heavy (non-hydrogen) atoms. The Balaban J connectivity index is 2.35. The van der Waals surface area contributed by atoms with E-state index in [0.717, 1.165) is 27.4 Å². The summed E-state index contributed by atoms with van der Waals surface area (Å²) >= 11 is 0. The van der Waals surface area contributed by atoms with Crippen LogP contribution in [0.3, 0.4) is 0 Å². The maximum atomic E-state index is 9.13. The molecule has 4 nitrogen and oxygen atoms in total. The first-order valence-electron chi connectivity index (χ1n) is 5.91. The minimum absolute atomic E-state index is 0.0446. The number of aryl methyl sites for hydroxylation is 1. The quantitative estimate of drug-likeness (QED) is 0.718. The van der Waals surface area contributed by atoms with Gasteiger partial charge >= 0.3 is 0 Å². The molecule has 0 radical (unpaired) electrons. The third-order valence-electron chi connectivity index (χ3n) is 3.46. The molecule has 2 aromatic heterocycles. The van der Waals surface area contributed by atoms with E-state index >= 15 is 0 Å². The molecule has 2 heterocycles. The van der Waals surface area contributed by atoms with E-state index in [2.05, 4.69) is 9.55 Å². The maximum Gasteiger partial charge on any atom is 0.0624 e. The molecule has 0 amide bonds. The molecule has 1 aromatic carbocycles. The zero-order valence-electron chi connectivity index (χ0n) is 10.2. The van der Waals surface area contributed by atoms with E-state index in [4.69, 9.17) is 10.8 Å². The van der Waals surface area contributed by atoms with E-state index in [-0.39, 0.29) is 12.6 Å². The number of fused-ring (bicyclic) bond motifs is 3. The Labute approximate surface area is 105 Å². The predicted molar refractivity (Wildman–Crippen MR) is 72.2 cm³/mol. The van der Waals surface area contributed by atoms with Crippen LogP contribution in [0, 0.1) is 0 Å². The molecule has 1 atom stereocenters. The van der Waals surface area contributed by atoms with Crippen LogP contribution in [-0.4, -0.2) is 21.3 Å². The number of pyridine rings is 1. The minimum Gasteiger partial charge on any atom is -0.394 e. The number of aliphatic hydroxyl groups is 1. The van der Waals surface area contributed by atoms with Gasteiger partial charge in [0.25, 0.3) is 0 Å². The molecule has 0 spiro atoms.